The van der Waals surface area contributed by atoms with Crippen molar-refractivity contribution in [3.8, 4) is 0 Å². The van der Waals surface area contributed by atoms with Gasteiger partial charge in [-0.1, -0.05) is 19.8 Å². The zero-order valence-corrected chi connectivity index (χ0v) is 9.27. The predicted octanol–water partition coefficient (Wildman–Crippen LogP) is 2.94. The number of halogens is 1. The van der Waals surface area contributed by atoms with Crippen LogP contribution in [-0.2, 0) is 9.47 Å². The molecule has 0 aliphatic carbocycles. The van der Waals surface area contributed by atoms with Crippen molar-refractivity contribution in [1.29, 1.82) is 0 Å². The SMILES string of the molecule is CCCCCC1(C)OCC(CCl)O1. The van der Waals surface area contributed by atoms with Crippen LogP contribution < -0.4 is 0 Å². The van der Waals surface area contributed by atoms with E-state index in [2.05, 4.69) is 6.92 Å². The van der Waals surface area contributed by atoms with E-state index in [4.69, 9.17) is 21.1 Å². The summed E-state index contributed by atoms with van der Waals surface area (Å²) in [5.41, 5.74) is 0. The standard InChI is InChI=1S/C10H19ClO2/c1-3-4-5-6-10(2)12-8-9(7-11)13-10/h9H,3-8H2,1-2H3. The highest BCUT2D eigenvalue weighted by Crippen LogP contribution is 2.29. The molecule has 1 fully saturated rings. The molecule has 0 aromatic rings. The number of ether oxygens (including phenoxy) is 2. The summed E-state index contributed by atoms with van der Waals surface area (Å²) in [4.78, 5) is 0. The maximum absolute atomic E-state index is 5.69. The van der Waals surface area contributed by atoms with E-state index in [0.29, 0.717) is 12.5 Å². The normalized spacial score (nSPS) is 33.9. The van der Waals surface area contributed by atoms with Crippen LogP contribution in [0.4, 0.5) is 0 Å². The van der Waals surface area contributed by atoms with Gasteiger partial charge in [-0.25, -0.2) is 0 Å². The summed E-state index contributed by atoms with van der Waals surface area (Å²) in [6.07, 6.45) is 4.72. The molecule has 1 saturated heterocycles. The van der Waals surface area contributed by atoms with Gasteiger partial charge >= 0.3 is 0 Å². The molecule has 0 aromatic heterocycles. The molecule has 2 nitrogen and oxygen atoms in total. The topological polar surface area (TPSA) is 18.5 Å². The Labute approximate surface area is 85.5 Å². The largest absolute Gasteiger partial charge is 0.347 e. The quantitative estimate of drug-likeness (QED) is 0.509. The molecule has 0 amide bonds. The predicted molar refractivity (Wildman–Crippen MR) is 54.1 cm³/mol. The highest BCUT2D eigenvalue weighted by Gasteiger charge is 2.35. The van der Waals surface area contributed by atoms with Crippen molar-refractivity contribution < 1.29 is 9.47 Å². The first kappa shape index (κ1) is 11.3. The first-order chi connectivity index (χ1) is 6.20. The first-order valence-electron chi connectivity index (χ1n) is 5.08. The lowest BCUT2D eigenvalue weighted by Crippen LogP contribution is -2.26. The Morgan fingerprint density at radius 1 is 1.46 bits per heavy atom. The van der Waals surface area contributed by atoms with Crippen LogP contribution in [0, 0.1) is 0 Å². The van der Waals surface area contributed by atoms with E-state index < -0.39 is 0 Å². The van der Waals surface area contributed by atoms with E-state index in [-0.39, 0.29) is 11.9 Å². The monoisotopic (exact) mass is 206 g/mol. The zero-order valence-electron chi connectivity index (χ0n) is 8.51. The minimum absolute atomic E-state index is 0.0910. The number of alkyl halides is 1. The van der Waals surface area contributed by atoms with E-state index in [1.807, 2.05) is 6.92 Å². The molecule has 13 heavy (non-hydrogen) atoms. The maximum atomic E-state index is 5.69. The van der Waals surface area contributed by atoms with Gasteiger partial charge in [-0.3, -0.25) is 0 Å². The van der Waals surface area contributed by atoms with Crippen molar-refractivity contribution in [1.82, 2.24) is 0 Å². The van der Waals surface area contributed by atoms with Crippen molar-refractivity contribution in [3.05, 3.63) is 0 Å². The second-order valence-electron chi connectivity index (χ2n) is 3.80. The molecule has 0 saturated carbocycles. The second-order valence-corrected chi connectivity index (χ2v) is 4.10. The number of unbranched alkanes of at least 4 members (excludes halogenated alkanes) is 2. The van der Waals surface area contributed by atoms with Gasteiger partial charge in [0.15, 0.2) is 5.79 Å². The molecule has 78 valence electrons. The zero-order chi connectivity index (χ0) is 9.73. The van der Waals surface area contributed by atoms with Crippen LogP contribution >= 0.6 is 11.6 Å². The van der Waals surface area contributed by atoms with Crippen LogP contribution in [-0.4, -0.2) is 24.4 Å². The molecule has 2 atom stereocenters. The summed E-state index contributed by atoms with van der Waals surface area (Å²) in [5.74, 6) is 0.165. The summed E-state index contributed by atoms with van der Waals surface area (Å²) in [5, 5.41) is 0. The lowest BCUT2D eigenvalue weighted by atomic mass is 10.1. The fourth-order valence-electron chi connectivity index (χ4n) is 1.59. The summed E-state index contributed by atoms with van der Waals surface area (Å²) < 4.78 is 11.3. The fourth-order valence-corrected chi connectivity index (χ4v) is 1.75. The Bertz CT molecular complexity index is 152. The highest BCUT2D eigenvalue weighted by atomic mass is 35.5. The number of hydrogen-bond acceptors (Lipinski definition) is 2. The Balaban J connectivity index is 2.23. The molecule has 0 bridgehead atoms. The number of hydrogen-bond donors (Lipinski definition) is 0. The van der Waals surface area contributed by atoms with Gasteiger partial charge in [-0.15, -0.1) is 11.6 Å². The van der Waals surface area contributed by atoms with E-state index in [0.717, 1.165) is 6.42 Å². The number of rotatable bonds is 5. The van der Waals surface area contributed by atoms with Crippen LogP contribution in [0.3, 0.4) is 0 Å². The van der Waals surface area contributed by atoms with Crippen molar-refractivity contribution in [2.75, 3.05) is 12.5 Å². The average Bonchev–Trinajstić information content (AvgIpc) is 2.49. The molecule has 1 aliphatic rings. The first-order valence-corrected chi connectivity index (χ1v) is 5.61. The molecule has 0 radical (unpaired) electrons. The highest BCUT2D eigenvalue weighted by molar-refractivity contribution is 6.18. The third-order valence-corrected chi connectivity index (χ3v) is 2.74. The molecule has 0 N–H and O–H groups in total. The third kappa shape index (κ3) is 3.45. The van der Waals surface area contributed by atoms with Crippen LogP contribution in [0.25, 0.3) is 0 Å². The van der Waals surface area contributed by atoms with Gasteiger partial charge in [0.05, 0.1) is 18.6 Å². The van der Waals surface area contributed by atoms with Crippen molar-refractivity contribution in [2.45, 2.75) is 51.4 Å². The van der Waals surface area contributed by atoms with Crippen molar-refractivity contribution >= 4 is 11.6 Å². The second kappa shape index (κ2) is 5.18. The Hall–Kier alpha value is 0.210. The van der Waals surface area contributed by atoms with Gasteiger partial charge < -0.3 is 9.47 Å². The van der Waals surface area contributed by atoms with E-state index >= 15 is 0 Å². The molecule has 0 spiro atoms. The Kier molecular flexibility index (Phi) is 4.50. The third-order valence-electron chi connectivity index (χ3n) is 2.40. The molecule has 0 aromatic carbocycles. The smallest absolute Gasteiger partial charge is 0.166 e. The van der Waals surface area contributed by atoms with Gasteiger partial charge in [-0.05, 0) is 13.3 Å². The van der Waals surface area contributed by atoms with Crippen molar-refractivity contribution in [2.24, 2.45) is 0 Å². The summed E-state index contributed by atoms with van der Waals surface area (Å²) in [6, 6.07) is 0. The minimum atomic E-state index is -0.366. The van der Waals surface area contributed by atoms with E-state index in [1.54, 1.807) is 0 Å². The average molecular weight is 207 g/mol. The molecule has 2 unspecified atom stereocenters. The lowest BCUT2D eigenvalue weighted by molar-refractivity contribution is -0.156. The molecular formula is C10H19ClO2. The molecular weight excluding hydrogens is 188 g/mol. The van der Waals surface area contributed by atoms with E-state index in [1.165, 1.54) is 19.3 Å². The van der Waals surface area contributed by atoms with Gasteiger partial charge in [0.1, 0.15) is 0 Å². The summed E-state index contributed by atoms with van der Waals surface area (Å²) >= 11 is 5.69. The molecule has 1 heterocycles. The fraction of sp³-hybridized carbons (Fsp3) is 1.00. The van der Waals surface area contributed by atoms with Gasteiger partial charge in [0.2, 0.25) is 0 Å². The summed E-state index contributed by atoms with van der Waals surface area (Å²) in [6.45, 7) is 4.85. The minimum Gasteiger partial charge on any atom is -0.347 e. The lowest BCUT2D eigenvalue weighted by Gasteiger charge is -2.22. The van der Waals surface area contributed by atoms with Crippen molar-refractivity contribution in [3.63, 3.8) is 0 Å². The van der Waals surface area contributed by atoms with Gasteiger partial charge in [0, 0.05) is 6.42 Å². The molecule has 1 rings (SSSR count). The Morgan fingerprint density at radius 2 is 2.23 bits per heavy atom. The van der Waals surface area contributed by atoms with Crippen LogP contribution in [0.1, 0.15) is 39.5 Å². The van der Waals surface area contributed by atoms with E-state index in [9.17, 15) is 0 Å². The van der Waals surface area contributed by atoms with Gasteiger partial charge in [-0.2, -0.15) is 0 Å². The summed E-state index contributed by atoms with van der Waals surface area (Å²) in [7, 11) is 0. The van der Waals surface area contributed by atoms with Crippen LogP contribution in [0.2, 0.25) is 0 Å². The Morgan fingerprint density at radius 3 is 2.77 bits per heavy atom. The maximum Gasteiger partial charge on any atom is 0.166 e. The molecule has 3 heteroatoms. The van der Waals surface area contributed by atoms with Crippen LogP contribution in [0.5, 0.6) is 0 Å². The van der Waals surface area contributed by atoms with Gasteiger partial charge in [0.25, 0.3) is 0 Å². The van der Waals surface area contributed by atoms with Crippen LogP contribution in [0.15, 0.2) is 0 Å². The molecule has 1 aliphatic heterocycles.